The number of ether oxygens (including phenoxy) is 5. The molecule has 1 heterocycles. The Morgan fingerprint density at radius 1 is 0.622 bits per heavy atom. The van der Waals surface area contributed by atoms with Crippen LogP contribution in [0, 0.1) is 11.3 Å². The van der Waals surface area contributed by atoms with Crippen molar-refractivity contribution in [3.63, 3.8) is 0 Å². The van der Waals surface area contributed by atoms with Crippen LogP contribution >= 0.6 is 11.6 Å². The summed E-state index contributed by atoms with van der Waals surface area (Å²) in [7, 11) is 0. The molecule has 226 valence electrons. The Balaban J connectivity index is 1.55. The average Bonchev–Trinajstić information content (AvgIpc) is 3.35. The molecule has 5 rings (SSSR count). The molecule has 10 heteroatoms. The van der Waals surface area contributed by atoms with Crippen LogP contribution in [-0.4, -0.2) is 54.6 Å². The molecule has 2 unspecified atom stereocenters. The van der Waals surface area contributed by atoms with Gasteiger partial charge >= 0.3 is 23.9 Å². The van der Waals surface area contributed by atoms with Gasteiger partial charge in [-0.1, -0.05) is 72.8 Å². The number of esters is 4. The van der Waals surface area contributed by atoms with Gasteiger partial charge in [-0.3, -0.25) is 0 Å². The largest absolute Gasteiger partial charge is 0.459 e. The minimum atomic E-state index is -2.30. The van der Waals surface area contributed by atoms with Gasteiger partial charge in [0.05, 0.1) is 22.3 Å². The molecule has 0 N–H and O–H groups in total. The summed E-state index contributed by atoms with van der Waals surface area (Å²) in [4.78, 5) is 53.0. The number of carbonyl (C=O) groups excluding carboxylic acids is 4. The van der Waals surface area contributed by atoms with Gasteiger partial charge in [0, 0.05) is 5.38 Å². The Hall–Kier alpha value is -5.43. The van der Waals surface area contributed by atoms with Gasteiger partial charge in [0.15, 0.2) is 6.10 Å². The van der Waals surface area contributed by atoms with Crippen molar-refractivity contribution < 1.29 is 42.9 Å². The molecule has 45 heavy (non-hydrogen) atoms. The minimum Gasteiger partial charge on any atom is -0.459 e. The van der Waals surface area contributed by atoms with Crippen molar-refractivity contribution in [2.45, 2.75) is 24.1 Å². The maximum absolute atomic E-state index is 13.5. The Labute approximate surface area is 263 Å². The van der Waals surface area contributed by atoms with E-state index in [1.165, 1.54) is 36.4 Å². The van der Waals surface area contributed by atoms with Gasteiger partial charge in [0.2, 0.25) is 0 Å². The molecule has 1 aliphatic rings. The van der Waals surface area contributed by atoms with E-state index in [9.17, 15) is 19.2 Å². The zero-order chi connectivity index (χ0) is 31.6. The fraction of sp³-hybridized carbons (Fsp3) is 0.143. The van der Waals surface area contributed by atoms with Crippen molar-refractivity contribution in [2.75, 3.05) is 6.61 Å². The lowest BCUT2D eigenvalue weighted by atomic mass is 9.94. The van der Waals surface area contributed by atoms with Crippen molar-refractivity contribution >= 4 is 35.5 Å². The van der Waals surface area contributed by atoms with Crippen molar-refractivity contribution in [3.05, 3.63) is 144 Å². The molecule has 9 nitrogen and oxygen atoms in total. The van der Waals surface area contributed by atoms with Gasteiger partial charge in [-0.25, -0.2) is 19.2 Å². The number of rotatable bonds is 9. The molecule has 0 aromatic heterocycles. The molecule has 0 amide bonds. The predicted molar refractivity (Wildman–Crippen MR) is 161 cm³/mol. The van der Waals surface area contributed by atoms with E-state index >= 15 is 0 Å². The van der Waals surface area contributed by atoms with E-state index in [-0.39, 0.29) is 22.3 Å². The zero-order valence-electron chi connectivity index (χ0n) is 23.5. The summed E-state index contributed by atoms with van der Waals surface area (Å²) < 4.78 is 29.1. The summed E-state index contributed by atoms with van der Waals surface area (Å²) in [6.45, 7) is -0.506. The van der Waals surface area contributed by atoms with Crippen LogP contribution in [-0.2, 0) is 23.7 Å². The Bertz CT molecular complexity index is 1700. The summed E-state index contributed by atoms with van der Waals surface area (Å²) in [6, 6.07) is 32.1. The average molecular weight is 625 g/mol. The highest BCUT2D eigenvalue weighted by Gasteiger charge is 2.64. The van der Waals surface area contributed by atoms with Gasteiger partial charge in [0.1, 0.15) is 12.7 Å². The fourth-order valence-corrected chi connectivity index (χ4v) is 4.73. The second-order valence-corrected chi connectivity index (χ2v) is 9.89. The monoisotopic (exact) mass is 624 g/mol. The van der Waals surface area contributed by atoms with Gasteiger partial charge in [-0.05, 0) is 66.1 Å². The molecule has 0 saturated carbocycles. The van der Waals surface area contributed by atoms with E-state index in [4.69, 9.17) is 35.3 Å². The first kappa shape index (κ1) is 31.0. The van der Waals surface area contributed by atoms with Crippen molar-refractivity contribution in [2.24, 2.45) is 0 Å². The summed E-state index contributed by atoms with van der Waals surface area (Å²) >= 11 is 5.92. The first-order chi connectivity index (χ1) is 21.9. The molecular weight excluding hydrogens is 600 g/mol. The quantitative estimate of drug-likeness (QED) is 0.136. The van der Waals surface area contributed by atoms with Crippen LogP contribution in [0.3, 0.4) is 0 Å². The molecule has 1 saturated heterocycles. The van der Waals surface area contributed by atoms with E-state index < -0.39 is 54.6 Å². The summed E-state index contributed by atoms with van der Waals surface area (Å²) in [5, 5.41) is 2.18. The van der Waals surface area contributed by atoms with E-state index in [1.54, 1.807) is 84.9 Å². The lowest BCUT2D eigenvalue weighted by molar-refractivity contribution is -0.161. The number of carbonyl (C=O) groups is 4. The Morgan fingerprint density at radius 3 is 1.51 bits per heavy atom. The third kappa shape index (κ3) is 7.21. The van der Waals surface area contributed by atoms with E-state index in [1.807, 2.05) is 0 Å². The molecule has 1 fully saturated rings. The number of halogens is 1. The lowest BCUT2D eigenvalue weighted by Gasteiger charge is -2.32. The Morgan fingerprint density at radius 2 is 1.04 bits per heavy atom. The van der Waals surface area contributed by atoms with Gasteiger partial charge in [-0.2, -0.15) is 0 Å². The van der Waals surface area contributed by atoms with Crippen LogP contribution in [0.2, 0.25) is 0 Å². The topological polar surface area (TPSA) is 114 Å². The van der Waals surface area contributed by atoms with E-state index in [0.29, 0.717) is 0 Å². The van der Waals surface area contributed by atoms with Crippen molar-refractivity contribution in [3.8, 4) is 11.3 Å². The maximum Gasteiger partial charge on any atom is 0.340 e. The SMILES string of the molecule is O=C(OC[C@H]1OC(OC(=O)c2ccccc2)C(C#CCl)(OC(=O)c2ccccc2)[C@@H]1OC(=O)c1ccccc1)c1ccccc1. The molecule has 0 bridgehead atoms. The highest BCUT2D eigenvalue weighted by molar-refractivity contribution is 6.30. The lowest BCUT2D eigenvalue weighted by Crippen LogP contribution is -2.54. The predicted octanol–water partition coefficient (Wildman–Crippen LogP) is 5.45. The summed E-state index contributed by atoms with van der Waals surface area (Å²) in [5.41, 5.74) is -1.62. The molecule has 0 radical (unpaired) electrons. The number of hydrogen-bond donors (Lipinski definition) is 0. The van der Waals surface area contributed by atoms with Crippen molar-refractivity contribution in [1.82, 2.24) is 0 Å². The fourth-order valence-electron chi connectivity index (χ4n) is 4.58. The van der Waals surface area contributed by atoms with Gasteiger partial charge in [-0.15, -0.1) is 0 Å². The van der Waals surface area contributed by atoms with Crippen LogP contribution in [0.1, 0.15) is 41.4 Å². The van der Waals surface area contributed by atoms with Crippen molar-refractivity contribution in [1.29, 1.82) is 0 Å². The maximum atomic E-state index is 13.5. The normalized spacial score (nSPS) is 20.2. The Kier molecular flexibility index (Phi) is 9.90. The van der Waals surface area contributed by atoms with Crippen LogP contribution in [0.5, 0.6) is 0 Å². The molecule has 0 aliphatic carbocycles. The molecular formula is C35H25ClO9. The molecule has 0 spiro atoms. The summed E-state index contributed by atoms with van der Waals surface area (Å²) in [6.07, 6.45) is -4.71. The number of hydrogen-bond acceptors (Lipinski definition) is 9. The van der Waals surface area contributed by atoms with E-state index in [0.717, 1.165) is 0 Å². The first-order valence-electron chi connectivity index (χ1n) is 13.7. The molecule has 1 aliphatic heterocycles. The highest BCUT2D eigenvalue weighted by atomic mass is 35.5. The van der Waals surface area contributed by atoms with Gasteiger partial charge in [0.25, 0.3) is 11.9 Å². The summed E-state index contributed by atoms with van der Waals surface area (Å²) in [5.74, 6) is -0.720. The van der Waals surface area contributed by atoms with Crippen LogP contribution < -0.4 is 0 Å². The second kappa shape index (κ2) is 14.4. The smallest absolute Gasteiger partial charge is 0.340 e. The first-order valence-corrected chi connectivity index (χ1v) is 14.1. The standard InChI is InChI=1S/C35H25ClO9/c36-22-21-35(45-33(40)27-19-11-4-12-20-27)29(43-31(38)25-15-7-2-8-16-25)28(23-41-30(37)24-13-5-1-6-14-24)42-34(35)44-32(39)26-17-9-3-10-18-26/h1-20,28-29,34H,23H2/t28-,29-,34?,35?/m1/s1. The number of benzene rings is 4. The third-order valence-electron chi connectivity index (χ3n) is 6.78. The van der Waals surface area contributed by atoms with Crippen LogP contribution in [0.15, 0.2) is 121 Å². The molecule has 4 atom stereocenters. The molecule has 4 aromatic rings. The van der Waals surface area contributed by atoms with Crippen LogP contribution in [0.4, 0.5) is 0 Å². The van der Waals surface area contributed by atoms with E-state index in [2.05, 4.69) is 11.3 Å². The van der Waals surface area contributed by atoms with Gasteiger partial charge < -0.3 is 23.7 Å². The highest BCUT2D eigenvalue weighted by Crippen LogP contribution is 2.39. The minimum absolute atomic E-state index is 0.119. The third-order valence-corrected chi connectivity index (χ3v) is 6.87. The zero-order valence-corrected chi connectivity index (χ0v) is 24.3. The second-order valence-electron chi connectivity index (χ2n) is 9.70. The molecule has 4 aromatic carbocycles. The van der Waals surface area contributed by atoms with Crippen LogP contribution in [0.25, 0.3) is 0 Å².